The van der Waals surface area contributed by atoms with Gasteiger partial charge in [-0.25, -0.2) is 0 Å². The second kappa shape index (κ2) is 7.48. The molecule has 0 aliphatic heterocycles. The van der Waals surface area contributed by atoms with E-state index in [9.17, 15) is 0 Å². The summed E-state index contributed by atoms with van der Waals surface area (Å²) >= 11 is 0. The van der Waals surface area contributed by atoms with Crippen molar-refractivity contribution in [2.24, 2.45) is 0 Å². The first-order chi connectivity index (χ1) is 4.41. The van der Waals surface area contributed by atoms with Crippen LogP contribution in [-0.4, -0.2) is 25.3 Å². The van der Waals surface area contributed by atoms with Crippen LogP contribution in [0, 0.1) is 11.8 Å². The molecule has 0 aromatic heterocycles. The molecule has 2 heteroatoms. The molecule has 0 rings (SSSR count). The van der Waals surface area contributed by atoms with Crippen LogP contribution in [0.1, 0.15) is 12.8 Å². The minimum atomic E-state index is -0.0143. The number of unbranched alkanes of at least 4 members (excludes halogenated alkanes) is 1. The number of aliphatic hydroxyl groups excluding tert-OH is 1. The van der Waals surface area contributed by atoms with Crippen molar-refractivity contribution in [3.05, 3.63) is 0 Å². The second-order valence-corrected chi connectivity index (χ2v) is 1.72. The van der Waals surface area contributed by atoms with Crippen molar-refractivity contribution < 1.29 is 5.11 Å². The normalized spacial score (nSPS) is 8.22. The van der Waals surface area contributed by atoms with Crippen LogP contribution in [0.25, 0.3) is 0 Å². The molecule has 0 saturated carbocycles. The Labute approximate surface area is 56.3 Å². The van der Waals surface area contributed by atoms with Gasteiger partial charge in [-0.15, -0.1) is 5.92 Å². The van der Waals surface area contributed by atoms with Crippen molar-refractivity contribution in [3.63, 3.8) is 0 Å². The Kier molecular flexibility index (Phi) is 7.05. The zero-order valence-corrected chi connectivity index (χ0v) is 5.78. The molecule has 52 valence electrons. The summed E-state index contributed by atoms with van der Waals surface area (Å²) in [6, 6.07) is 0. The van der Waals surface area contributed by atoms with E-state index in [1.54, 1.807) is 0 Å². The van der Waals surface area contributed by atoms with E-state index in [4.69, 9.17) is 5.11 Å². The van der Waals surface area contributed by atoms with Gasteiger partial charge in [-0.1, -0.05) is 5.92 Å². The fourth-order valence-corrected chi connectivity index (χ4v) is 0.498. The molecule has 0 amide bonds. The highest BCUT2D eigenvalue weighted by Crippen LogP contribution is 1.81. The first-order valence-electron chi connectivity index (χ1n) is 3.13. The molecule has 2 nitrogen and oxygen atoms in total. The Morgan fingerprint density at radius 3 is 2.78 bits per heavy atom. The summed E-state index contributed by atoms with van der Waals surface area (Å²) in [5.74, 6) is 5.41. The minimum Gasteiger partial charge on any atom is -0.384 e. The van der Waals surface area contributed by atoms with Crippen molar-refractivity contribution in [1.29, 1.82) is 0 Å². The van der Waals surface area contributed by atoms with E-state index >= 15 is 0 Å². The molecule has 0 heterocycles. The third kappa shape index (κ3) is 7.48. The molecule has 0 aromatic carbocycles. The van der Waals surface area contributed by atoms with Gasteiger partial charge >= 0.3 is 0 Å². The standard InChI is InChI=1S/C7H13NO/c1-8-6-4-2-3-5-7-9/h8-9H,2,4,6-7H2,1H3. The average molecular weight is 127 g/mol. The molecule has 9 heavy (non-hydrogen) atoms. The molecule has 0 radical (unpaired) electrons. The van der Waals surface area contributed by atoms with Crippen LogP contribution < -0.4 is 5.32 Å². The van der Waals surface area contributed by atoms with Gasteiger partial charge in [-0.2, -0.15) is 0 Å². The molecular weight excluding hydrogens is 114 g/mol. The molecule has 0 aromatic rings. The van der Waals surface area contributed by atoms with Gasteiger partial charge in [0.05, 0.1) is 0 Å². The van der Waals surface area contributed by atoms with Gasteiger partial charge in [-0.05, 0) is 20.0 Å². The molecule has 0 aliphatic rings. The summed E-state index contributed by atoms with van der Waals surface area (Å²) in [4.78, 5) is 0. The number of aliphatic hydroxyl groups is 1. The highest BCUT2D eigenvalue weighted by atomic mass is 16.2. The highest BCUT2D eigenvalue weighted by molar-refractivity contribution is 4.98. The minimum absolute atomic E-state index is 0.0143. The van der Waals surface area contributed by atoms with E-state index < -0.39 is 0 Å². The highest BCUT2D eigenvalue weighted by Gasteiger charge is 1.77. The van der Waals surface area contributed by atoms with Gasteiger partial charge in [0.2, 0.25) is 0 Å². The van der Waals surface area contributed by atoms with E-state index in [1.165, 1.54) is 0 Å². The van der Waals surface area contributed by atoms with Crippen molar-refractivity contribution in [2.45, 2.75) is 12.8 Å². The van der Waals surface area contributed by atoms with Crippen LogP contribution in [0.2, 0.25) is 0 Å². The predicted octanol–water partition coefficient (Wildman–Crippen LogP) is -0.0183. The van der Waals surface area contributed by atoms with Crippen molar-refractivity contribution in [2.75, 3.05) is 20.2 Å². The molecule has 0 spiro atoms. The summed E-state index contributed by atoms with van der Waals surface area (Å²) in [7, 11) is 1.92. The lowest BCUT2D eigenvalue weighted by Crippen LogP contribution is -2.06. The summed E-state index contributed by atoms with van der Waals surface area (Å²) in [6.45, 7) is 0.986. The molecule has 0 saturated heterocycles. The van der Waals surface area contributed by atoms with Crippen LogP contribution in [0.15, 0.2) is 0 Å². The topological polar surface area (TPSA) is 32.3 Å². The lowest BCUT2D eigenvalue weighted by molar-refractivity contribution is 0.350. The van der Waals surface area contributed by atoms with E-state index in [0.29, 0.717) is 0 Å². The summed E-state index contributed by atoms with van der Waals surface area (Å²) in [5, 5.41) is 11.2. The van der Waals surface area contributed by atoms with Gasteiger partial charge < -0.3 is 10.4 Å². The monoisotopic (exact) mass is 127 g/mol. The average Bonchev–Trinajstić information content (AvgIpc) is 1.89. The molecule has 0 bridgehead atoms. The number of hydrogen-bond acceptors (Lipinski definition) is 2. The van der Waals surface area contributed by atoms with E-state index in [-0.39, 0.29) is 6.61 Å². The smallest absolute Gasteiger partial charge is 0.104 e. The van der Waals surface area contributed by atoms with Crippen LogP contribution in [0.3, 0.4) is 0 Å². The van der Waals surface area contributed by atoms with E-state index in [0.717, 1.165) is 19.4 Å². The third-order valence-corrected chi connectivity index (χ3v) is 0.933. The van der Waals surface area contributed by atoms with Gasteiger partial charge in [0, 0.05) is 6.42 Å². The first-order valence-corrected chi connectivity index (χ1v) is 3.13. The zero-order valence-electron chi connectivity index (χ0n) is 5.78. The van der Waals surface area contributed by atoms with Gasteiger partial charge in [0.15, 0.2) is 0 Å². The fraction of sp³-hybridized carbons (Fsp3) is 0.714. The Hall–Kier alpha value is -0.520. The van der Waals surface area contributed by atoms with Crippen molar-refractivity contribution in [3.8, 4) is 11.8 Å². The second-order valence-electron chi connectivity index (χ2n) is 1.72. The maximum atomic E-state index is 8.23. The molecule has 2 N–H and O–H groups in total. The quantitative estimate of drug-likeness (QED) is 0.412. The Balaban J connectivity index is 2.90. The predicted molar refractivity (Wildman–Crippen MR) is 38.0 cm³/mol. The maximum Gasteiger partial charge on any atom is 0.104 e. The molecular formula is C7H13NO. The Bertz CT molecular complexity index is 101. The zero-order chi connectivity index (χ0) is 6.95. The SMILES string of the molecule is CNCCCC#CCO. The van der Waals surface area contributed by atoms with Crippen LogP contribution in [-0.2, 0) is 0 Å². The molecule has 0 atom stereocenters. The number of nitrogens with one attached hydrogen (secondary N) is 1. The Morgan fingerprint density at radius 1 is 1.44 bits per heavy atom. The summed E-state index contributed by atoms with van der Waals surface area (Å²) < 4.78 is 0. The Morgan fingerprint density at radius 2 is 2.22 bits per heavy atom. The van der Waals surface area contributed by atoms with E-state index in [2.05, 4.69) is 17.2 Å². The molecule has 0 unspecified atom stereocenters. The van der Waals surface area contributed by atoms with Crippen molar-refractivity contribution >= 4 is 0 Å². The fourth-order valence-electron chi connectivity index (χ4n) is 0.498. The van der Waals surface area contributed by atoms with Crippen LogP contribution in [0.4, 0.5) is 0 Å². The third-order valence-electron chi connectivity index (χ3n) is 0.933. The van der Waals surface area contributed by atoms with Crippen LogP contribution >= 0.6 is 0 Å². The first kappa shape index (κ1) is 8.48. The lowest BCUT2D eigenvalue weighted by Gasteiger charge is -1.90. The maximum absolute atomic E-state index is 8.23. The number of hydrogen-bond donors (Lipinski definition) is 2. The van der Waals surface area contributed by atoms with Gasteiger partial charge in [-0.3, -0.25) is 0 Å². The van der Waals surface area contributed by atoms with Gasteiger partial charge in [0.1, 0.15) is 6.61 Å². The molecule has 0 fully saturated rings. The van der Waals surface area contributed by atoms with Gasteiger partial charge in [0.25, 0.3) is 0 Å². The van der Waals surface area contributed by atoms with Crippen molar-refractivity contribution in [1.82, 2.24) is 5.32 Å². The summed E-state index contributed by atoms with van der Waals surface area (Å²) in [6.07, 6.45) is 1.94. The molecule has 0 aliphatic carbocycles. The summed E-state index contributed by atoms with van der Waals surface area (Å²) in [5.41, 5.74) is 0. The number of rotatable bonds is 3. The van der Waals surface area contributed by atoms with Crippen LogP contribution in [0.5, 0.6) is 0 Å². The van der Waals surface area contributed by atoms with E-state index in [1.807, 2.05) is 7.05 Å². The largest absolute Gasteiger partial charge is 0.384 e. The lowest BCUT2D eigenvalue weighted by atomic mass is 10.3.